The van der Waals surface area contributed by atoms with Gasteiger partial charge in [-0.2, -0.15) is 0 Å². The van der Waals surface area contributed by atoms with Gasteiger partial charge in [0.15, 0.2) is 5.65 Å². The van der Waals surface area contributed by atoms with Gasteiger partial charge in [0.1, 0.15) is 22.6 Å². The van der Waals surface area contributed by atoms with Crippen LogP contribution >= 0.6 is 0 Å². The molecule has 33 heavy (non-hydrogen) atoms. The van der Waals surface area contributed by atoms with Crippen LogP contribution in [0.1, 0.15) is 21.5 Å². The molecule has 7 heteroatoms. The summed E-state index contributed by atoms with van der Waals surface area (Å²) in [7, 11) is 1.61. The summed E-state index contributed by atoms with van der Waals surface area (Å²) in [6.07, 6.45) is 0. The number of ether oxygens (including phenoxy) is 1. The van der Waals surface area contributed by atoms with E-state index >= 15 is 0 Å². The number of rotatable bonds is 5. The van der Waals surface area contributed by atoms with Gasteiger partial charge >= 0.3 is 0 Å². The van der Waals surface area contributed by atoms with Crippen LogP contribution in [-0.4, -0.2) is 27.6 Å². The lowest BCUT2D eigenvalue weighted by molar-refractivity contribution is 0.0953. The Morgan fingerprint density at radius 3 is 2.36 bits per heavy atom. The van der Waals surface area contributed by atoms with Crippen molar-refractivity contribution in [3.63, 3.8) is 0 Å². The Morgan fingerprint density at radius 1 is 0.970 bits per heavy atom. The van der Waals surface area contributed by atoms with E-state index in [2.05, 4.69) is 5.32 Å². The van der Waals surface area contributed by atoms with Crippen molar-refractivity contribution in [2.24, 2.45) is 0 Å². The van der Waals surface area contributed by atoms with Gasteiger partial charge in [0.05, 0.1) is 18.1 Å². The molecule has 0 atom stereocenters. The van der Waals surface area contributed by atoms with Crippen LogP contribution in [0.5, 0.6) is 5.75 Å². The van der Waals surface area contributed by atoms with E-state index in [0.29, 0.717) is 40.4 Å². The van der Waals surface area contributed by atoms with Crippen molar-refractivity contribution in [1.29, 1.82) is 0 Å². The minimum atomic E-state index is -0.321. The number of anilines is 1. The number of para-hydroxylation sites is 3. The molecule has 0 radical (unpaired) electrons. The van der Waals surface area contributed by atoms with E-state index in [9.17, 15) is 4.79 Å². The average molecular weight is 438 g/mol. The van der Waals surface area contributed by atoms with Gasteiger partial charge < -0.3 is 15.8 Å². The third-order valence-corrected chi connectivity index (χ3v) is 5.65. The summed E-state index contributed by atoms with van der Waals surface area (Å²) in [6, 6.07) is 23.0. The number of carbonyl (C=O) groups excluding carboxylic acids is 1. The van der Waals surface area contributed by atoms with E-state index in [4.69, 9.17) is 20.4 Å². The first kappa shape index (κ1) is 20.5. The van der Waals surface area contributed by atoms with Crippen LogP contribution < -0.4 is 15.8 Å². The summed E-state index contributed by atoms with van der Waals surface area (Å²) in [5.41, 5.74) is 12.1. The first-order chi connectivity index (χ1) is 16.1. The van der Waals surface area contributed by atoms with Crippen LogP contribution in [0, 0.1) is 6.92 Å². The van der Waals surface area contributed by atoms with Crippen LogP contribution in [-0.2, 0) is 6.54 Å². The van der Waals surface area contributed by atoms with Crippen LogP contribution in [0.15, 0.2) is 72.8 Å². The zero-order valence-electron chi connectivity index (χ0n) is 18.4. The van der Waals surface area contributed by atoms with Gasteiger partial charge in [0, 0.05) is 17.8 Å². The van der Waals surface area contributed by atoms with Crippen molar-refractivity contribution in [2.75, 3.05) is 12.8 Å². The zero-order chi connectivity index (χ0) is 22.9. The molecule has 5 rings (SSSR count). The number of hydrogen-bond acceptors (Lipinski definition) is 5. The number of aromatic nitrogens is 3. The van der Waals surface area contributed by atoms with Gasteiger partial charge in [0.25, 0.3) is 5.91 Å². The maximum absolute atomic E-state index is 13.4. The van der Waals surface area contributed by atoms with Crippen LogP contribution in [0.3, 0.4) is 0 Å². The lowest BCUT2D eigenvalue weighted by Crippen LogP contribution is -2.24. The molecule has 0 fully saturated rings. The fourth-order valence-electron chi connectivity index (χ4n) is 3.95. The summed E-state index contributed by atoms with van der Waals surface area (Å²) < 4.78 is 7.18. The van der Waals surface area contributed by atoms with Crippen LogP contribution in [0.2, 0.25) is 0 Å². The summed E-state index contributed by atoms with van der Waals surface area (Å²) in [5, 5.41) is 2.96. The Kier molecular flexibility index (Phi) is 5.14. The Balaban J connectivity index is 1.64. The molecule has 3 N–H and O–H groups in total. The second-order valence-electron chi connectivity index (χ2n) is 7.81. The molecular formula is C26H23N5O2. The predicted octanol–water partition coefficient (Wildman–Crippen LogP) is 4.40. The molecule has 0 aliphatic carbocycles. The topological polar surface area (TPSA) is 95.1 Å². The molecule has 2 aromatic heterocycles. The van der Waals surface area contributed by atoms with Crippen LogP contribution in [0.25, 0.3) is 27.9 Å². The minimum absolute atomic E-state index is 0.292. The largest absolute Gasteiger partial charge is 0.496 e. The molecule has 0 bridgehead atoms. The first-order valence-corrected chi connectivity index (χ1v) is 10.6. The number of nitrogen functional groups attached to an aromatic ring is 1. The molecule has 2 heterocycles. The molecule has 0 unspecified atom stereocenters. The highest BCUT2D eigenvalue weighted by Crippen LogP contribution is 2.31. The number of hydrogen-bond donors (Lipinski definition) is 2. The molecule has 0 aliphatic rings. The summed E-state index contributed by atoms with van der Waals surface area (Å²) in [6.45, 7) is 2.31. The number of benzene rings is 3. The molecule has 0 aliphatic heterocycles. The van der Waals surface area contributed by atoms with Crippen molar-refractivity contribution < 1.29 is 9.53 Å². The van der Waals surface area contributed by atoms with Crippen molar-refractivity contribution >= 4 is 33.9 Å². The molecule has 0 saturated heterocycles. The van der Waals surface area contributed by atoms with Gasteiger partial charge in [-0.1, -0.05) is 48.0 Å². The Labute approximate surface area is 190 Å². The third kappa shape index (κ3) is 3.63. The zero-order valence-corrected chi connectivity index (χ0v) is 18.4. The number of amides is 1. The maximum atomic E-state index is 13.4. The number of nitrogens with one attached hydrogen (secondary N) is 1. The maximum Gasteiger partial charge on any atom is 0.257 e. The smallest absolute Gasteiger partial charge is 0.257 e. The number of carbonyl (C=O) groups is 1. The summed E-state index contributed by atoms with van der Waals surface area (Å²) >= 11 is 0. The molecular weight excluding hydrogens is 414 g/mol. The van der Waals surface area contributed by atoms with Crippen LogP contribution in [0.4, 0.5) is 5.82 Å². The van der Waals surface area contributed by atoms with Gasteiger partial charge in [-0.3, -0.25) is 9.36 Å². The molecule has 5 aromatic rings. The van der Waals surface area contributed by atoms with Gasteiger partial charge in [0.2, 0.25) is 0 Å². The quantitative estimate of drug-likeness (QED) is 0.425. The molecule has 7 nitrogen and oxygen atoms in total. The SMILES string of the molecule is COc1ccccc1CNC(=O)c1c(N)n(-c2ccc(C)cc2)c2nc3ccccc3nc12. The van der Waals surface area contributed by atoms with E-state index in [1.165, 1.54) is 0 Å². The van der Waals surface area contributed by atoms with Crippen molar-refractivity contribution in [1.82, 2.24) is 19.9 Å². The second kappa shape index (κ2) is 8.27. The highest BCUT2D eigenvalue weighted by atomic mass is 16.5. The highest BCUT2D eigenvalue weighted by molar-refractivity contribution is 6.11. The first-order valence-electron chi connectivity index (χ1n) is 10.6. The molecule has 164 valence electrons. The highest BCUT2D eigenvalue weighted by Gasteiger charge is 2.25. The van der Waals surface area contributed by atoms with Gasteiger partial charge in [-0.05, 0) is 37.3 Å². The van der Waals surface area contributed by atoms with E-state index in [1.807, 2.05) is 79.7 Å². The Hall–Kier alpha value is -4.39. The molecule has 0 spiro atoms. The molecule has 1 amide bonds. The van der Waals surface area contributed by atoms with E-state index in [0.717, 1.165) is 22.3 Å². The fourth-order valence-corrected chi connectivity index (χ4v) is 3.95. The second-order valence-corrected chi connectivity index (χ2v) is 7.81. The molecule has 3 aromatic carbocycles. The number of nitrogens with two attached hydrogens (primary N) is 1. The minimum Gasteiger partial charge on any atom is -0.496 e. The van der Waals surface area contributed by atoms with E-state index < -0.39 is 0 Å². The van der Waals surface area contributed by atoms with Crippen molar-refractivity contribution in [2.45, 2.75) is 13.5 Å². The summed E-state index contributed by atoms with van der Waals surface area (Å²) in [4.78, 5) is 22.9. The fraction of sp³-hybridized carbons (Fsp3) is 0.115. The number of fused-ring (bicyclic) bond motifs is 2. The third-order valence-electron chi connectivity index (χ3n) is 5.65. The van der Waals surface area contributed by atoms with E-state index in [-0.39, 0.29) is 5.91 Å². The summed E-state index contributed by atoms with van der Waals surface area (Å²) in [5.74, 6) is 0.680. The number of aryl methyl sites for hydroxylation is 1. The van der Waals surface area contributed by atoms with Crippen molar-refractivity contribution in [3.05, 3.63) is 89.5 Å². The van der Waals surface area contributed by atoms with E-state index in [1.54, 1.807) is 11.7 Å². The standard InChI is InChI=1S/C26H23N5O2/c1-16-11-13-18(14-12-16)31-24(27)22(23-25(31)30-20-9-5-4-8-19(20)29-23)26(32)28-15-17-7-3-6-10-21(17)33-2/h3-14H,15,27H2,1-2H3,(H,28,32). The molecule has 0 saturated carbocycles. The van der Waals surface area contributed by atoms with Crippen molar-refractivity contribution in [3.8, 4) is 11.4 Å². The van der Waals surface area contributed by atoms with Gasteiger partial charge in [-0.15, -0.1) is 0 Å². The lowest BCUT2D eigenvalue weighted by atomic mass is 10.2. The Bertz CT molecular complexity index is 1490. The number of methoxy groups -OCH3 is 1. The Morgan fingerprint density at radius 2 is 1.64 bits per heavy atom. The average Bonchev–Trinajstić information content (AvgIpc) is 3.12. The lowest BCUT2D eigenvalue weighted by Gasteiger charge is -2.10. The predicted molar refractivity (Wildman–Crippen MR) is 130 cm³/mol. The van der Waals surface area contributed by atoms with Gasteiger partial charge in [-0.25, -0.2) is 9.97 Å². The normalized spacial score (nSPS) is 11.1. The monoisotopic (exact) mass is 437 g/mol. The number of nitrogens with zero attached hydrogens (tertiary/aromatic N) is 3.